The second-order valence-corrected chi connectivity index (χ2v) is 7.61. The molecule has 138 valence electrons. The van der Waals surface area contributed by atoms with Gasteiger partial charge in [-0.05, 0) is 36.5 Å². The van der Waals surface area contributed by atoms with Crippen molar-refractivity contribution in [3.63, 3.8) is 0 Å². The molecule has 1 saturated heterocycles. The number of nitrogens with zero attached hydrogens (tertiary/aromatic N) is 2. The molecule has 2 amide bonds. The van der Waals surface area contributed by atoms with E-state index in [1.807, 2.05) is 10.8 Å². The van der Waals surface area contributed by atoms with E-state index in [0.29, 0.717) is 18.9 Å². The van der Waals surface area contributed by atoms with Gasteiger partial charge in [-0.15, -0.1) is 0 Å². The van der Waals surface area contributed by atoms with Crippen molar-refractivity contribution in [3.8, 4) is 5.69 Å². The van der Waals surface area contributed by atoms with Gasteiger partial charge in [-0.3, -0.25) is 14.2 Å². The lowest BCUT2D eigenvalue weighted by Gasteiger charge is -2.22. The predicted molar refractivity (Wildman–Crippen MR) is 103 cm³/mol. The molecule has 2 N–H and O–H groups in total. The van der Waals surface area contributed by atoms with Gasteiger partial charge in [-0.25, -0.2) is 4.98 Å². The van der Waals surface area contributed by atoms with E-state index >= 15 is 0 Å². The summed E-state index contributed by atoms with van der Waals surface area (Å²) in [5, 5.41) is 6.33. The van der Waals surface area contributed by atoms with Crippen molar-refractivity contribution in [2.24, 2.45) is 0 Å². The van der Waals surface area contributed by atoms with E-state index in [4.69, 9.17) is 0 Å². The van der Waals surface area contributed by atoms with Gasteiger partial charge < -0.3 is 10.6 Å². The highest BCUT2D eigenvalue weighted by Gasteiger charge is 2.23. The predicted octanol–water partition coefficient (Wildman–Crippen LogP) is 2.48. The second kappa shape index (κ2) is 8.40. The van der Waals surface area contributed by atoms with Crippen LogP contribution in [0.15, 0.2) is 41.8 Å². The molecule has 1 atom stereocenters. The number of nitrogens with one attached hydrogen (secondary N) is 2. The zero-order valence-electron chi connectivity index (χ0n) is 15.1. The molecule has 0 spiro atoms. The fourth-order valence-corrected chi connectivity index (χ4v) is 3.67. The SMILES string of the molecule is CC(C)c1ccc(-n2ccnc2SCC(=O)NC2CCCNC2=O)cc1. The molecule has 26 heavy (non-hydrogen) atoms. The van der Waals surface area contributed by atoms with E-state index in [2.05, 4.69) is 53.7 Å². The van der Waals surface area contributed by atoms with Crippen LogP contribution in [-0.4, -0.2) is 39.7 Å². The van der Waals surface area contributed by atoms with Crippen LogP contribution in [-0.2, 0) is 9.59 Å². The molecule has 6 nitrogen and oxygen atoms in total. The lowest BCUT2D eigenvalue weighted by molar-refractivity contribution is -0.129. The molecule has 0 saturated carbocycles. The molecule has 7 heteroatoms. The van der Waals surface area contributed by atoms with Gasteiger partial charge in [0.1, 0.15) is 6.04 Å². The number of carbonyl (C=O) groups excluding carboxylic acids is 2. The lowest BCUT2D eigenvalue weighted by atomic mass is 10.0. The second-order valence-electron chi connectivity index (χ2n) is 6.67. The smallest absolute Gasteiger partial charge is 0.242 e. The number of carbonyl (C=O) groups is 2. The number of benzene rings is 1. The van der Waals surface area contributed by atoms with E-state index in [9.17, 15) is 9.59 Å². The summed E-state index contributed by atoms with van der Waals surface area (Å²) in [7, 11) is 0. The molecule has 3 rings (SSSR count). The minimum atomic E-state index is -0.417. The Morgan fingerprint density at radius 1 is 1.38 bits per heavy atom. The molecule has 1 aliphatic rings. The van der Waals surface area contributed by atoms with Gasteiger partial charge in [0.2, 0.25) is 11.8 Å². The summed E-state index contributed by atoms with van der Waals surface area (Å²) in [4.78, 5) is 28.2. The van der Waals surface area contributed by atoms with Gasteiger partial charge in [-0.2, -0.15) is 0 Å². The molecule has 2 heterocycles. The van der Waals surface area contributed by atoms with Crippen LogP contribution in [0.4, 0.5) is 0 Å². The Hall–Kier alpha value is -2.28. The molecule has 0 bridgehead atoms. The number of hydrogen-bond acceptors (Lipinski definition) is 4. The van der Waals surface area contributed by atoms with Crippen molar-refractivity contribution in [1.29, 1.82) is 0 Å². The number of piperidine rings is 1. The van der Waals surface area contributed by atoms with Crippen LogP contribution >= 0.6 is 11.8 Å². The van der Waals surface area contributed by atoms with E-state index in [1.54, 1.807) is 6.20 Å². The molecule has 2 aromatic rings. The van der Waals surface area contributed by atoms with Crippen molar-refractivity contribution < 1.29 is 9.59 Å². The molecule has 1 aliphatic heterocycles. The fraction of sp³-hybridized carbons (Fsp3) is 0.421. The highest BCUT2D eigenvalue weighted by Crippen LogP contribution is 2.22. The van der Waals surface area contributed by atoms with Gasteiger partial charge in [-0.1, -0.05) is 37.7 Å². The van der Waals surface area contributed by atoms with Crippen molar-refractivity contribution in [3.05, 3.63) is 42.2 Å². The molecule has 1 aromatic heterocycles. The van der Waals surface area contributed by atoms with Crippen LogP contribution < -0.4 is 10.6 Å². The van der Waals surface area contributed by atoms with E-state index < -0.39 is 6.04 Å². The first-order valence-electron chi connectivity index (χ1n) is 8.88. The van der Waals surface area contributed by atoms with E-state index in [0.717, 1.165) is 17.3 Å². The first-order chi connectivity index (χ1) is 12.5. The third kappa shape index (κ3) is 4.46. The van der Waals surface area contributed by atoms with Crippen LogP contribution in [0.3, 0.4) is 0 Å². The Balaban J connectivity index is 1.60. The minimum absolute atomic E-state index is 0.0960. The lowest BCUT2D eigenvalue weighted by Crippen LogP contribution is -2.50. The molecule has 0 radical (unpaired) electrons. The maximum absolute atomic E-state index is 12.2. The number of rotatable bonds is 6. The average Bonchev–Trinajstić information content (AvgIpc) is 3.10. The van der Waals surface area contributed by atoms with Crippen LogP contribution in [0, 0.1) is 0 Å². The molecule has 1 unspecified atom stereocenters. The summed E-state index contributed by atoms with van der Waals surface area (Å²) in [6.45, 7) is 5.02. The highest BCUT2D eigenvalue weighted by atomic mass is 32.2. The van der Waals surface area contributed by atoms with Crippen molar-refractivity contribution in [2.75, 3.05) is 12.3 Å². The summed E-state index contributed by atoms with van der Waals surface area (Å²) >= 11 is 1.37. The third-order valence-corrected chi connectivity index (χ3v) is 5.36. The summed E-state index contributed by atoms with van der Waals surface area (Å²) in [5.41, 5.74) is 2.30. The van der Waals surface area contributed by atoms with Gasteiger partial charge in [0.25, 0.3) is 0 Å². The van der Waals surface area contributed by atoms with Crippen molar-refractivity contribution in [1.82, 2.24) is 20.2 Å². The van der Waals surface area contributed by atoms with Gasteiger partial charge >= 0.3 is 0 Å². The first kappa shape index (κ1) is 18.5. The molecular weight excluding hydrogens is 348 g/mol. The molecule has 1 fully saturated rings. The Bertz CT molecular complexity index is 770. The van der Waals surface area contributed by atoms with Crippen LogP contribution in [0.25, 0.3) is 5.69 Å². The first-order valence-corrected chi connectivity index (χ1v) is 9.86. The monoisotopic (exact) mass is 372 g/mol. The zero-order chi connectivity index (χ0) is 18.5. The number of hydrogen-bond donors (Lipinski definition) is 2. The van der Waals surface area contributed by atoms with Crippen LogP contribution in [0.2, 0.25) is 0 Å². The van der Waals surface area contributed by atoms with Crippen molar-refractivity contribution >= 4 is 23.6 Å². The molecular formula is C19H24N4O2S. The summed E-state index contributed by atoms with van der Waals surface area (Å²) in [6, 6.07) is 7.94. The Morgan fingerprint density at radius 2 is 2.15 bits per heavy atom. The van der Waals surface area contributed by atoms with Gasteiger partial charge in [0.15, 0.2) is 5.16 Å². The van der Waals surface area contributed by atoms with Crippen LogP contribution in [0.1, 0.15) is 38.2 Å². The largest absolute Gasteiger partial charge is 0.354 e. The maximum atomic E-state index is 12.2. The Kier molecular flexibility index (Phi) is 5.98. The van der Waals surface area contributed by atoms with E-state index in [-0.39, 0.29) is 17.6 Å². The average molecular weight is 372 g/mol. The Labute approximate surface area is 157 Å². The Morgan fingerprint density at radius 3 is 2.85 bits per heavy atom. The topological polar surface area (TPSA) is 76.0 Å². The maximum Gasteiger partial charge on any atom is 0.242 e. The molecule has 0 aliphatic carbocycles. The number of thioether (sulfide) groups is 1. The number of imidazole rings is 1. The van der Waals surface area contributed by atoms with Crippen LogP contribution in [0.5, 0.6) is 0 Å². The quantitative estimate of drug-likeness (QED) is 0.764. The summed E-state index contributed by atoms with van der Waals surface area (Å²) < 4.78 is 1.97. The standard InChI is InChI=1S/C19H24N4O2S/c1-13(2)14-5-7-15(8-6-14)23-11-10-21-19(23)26-12-17(24)22-16-4-3-9-20-18(16)25/h5-8,10-11,13,16H,3-4,9,12H2,1-2H3,(H,20,25)(H,22,24). The number of amides is 2. The third-order valence-electron chi connectivity index (χ3n) is 4.40. The van der Waals surface area contributed by atoms with Crippen molar-refractivity contribution in [2.45, 2.75) is 43.8 Å². The van der Waals surface area contributed by atoms with Gasteiger partial charge in [0.05, 0.1) is 5.75 Å². The normalized spacial score (nSPS) is 17.2. The highest BCUT2D eigenvalue weighted by molar-refractivity contribution is 7.99. The fourth-order valence-electron chi connectivity index (χ4n) is 2.89. The summed E-state index contributed by atoms with van der Waals surface area (Å²) in [5.74, 6) is 0.467. The van der Waals surface area contributed by atoms with Gasteiger partial charge in [0, 0.05) is 24.6 Å². The number of aromatic nitrogens is 2. The summed E-state index contributed by atoms with van der Waals surface area (Å²) in [6.07, 6.45) is 5.20. The zero-order valence-corrected chi connectivity index (χ0v) is 15.9. The van der Waals surface area contributed by atoms with E-state index in [1.165, 1.54) is 17.3 Å². The minimum Gasteiger partial charge on any atom is -0.354 e. The molecule has 1 aromatic carbocycles.